The SMILES string of the molecule is C=C(C)C(=O)NCCOCCOCCNC(=O)CONP. The van der Waals surface area contributed by atoms with E-state index >= 15 is 0 Å². The monoisotopic (exact) mass is 321 g/mol. The van der Waals surface area contributed by atoms with Crippen LogP contribution in [-0.2, 0) is 23.9 Å². The molecule has 0 aliphatic heterocycles. The highest BCUT2D eigenvalue weighted by molar-refractivity contribution is 7.13. The molecule has 0 saturated carbocycles. The van der Waals surface area contributed by atoms with E-state index in [2.05, 4.69) is 36.7 Å². The molecule has 0 aliphatic carbocycles. The van der Waals surface area contributed by atoms with Gasteiger partial charge in [0.2, 0.25) is 11.8 Å². The molecule has 0 radical (unpaired) electrons. The van der Waals surface area contributed by atoms with Gasteiger partial charge in [0.1, 0.15) is 6.61 Å². The number of hydrogen-bond acceptors (Lipinski definition) is 6. The molecule has 8 nitrogen and oxygen atoms in total. The maximum absolute atomic E-state index is 11.1. The van der Waals surface area contributed by atoms with Crippen molar-refractivity contribution >= 4 is 21.2 Å². The number of carbonyl (C=O) groups excluding carboxylic acids is 2. The van der Waals surface area contributed by atoms with Crippen molar-refractivity contribution in [2.45, 2.75) is 6.92 Å². The summed E-state index contributed by atoms with van der Waals surface area (Å²) in [7, 11) is 2.13. The number of hydrogen-bond donors (Lipinski definition) is 3. The first-order chi connectivity index (χ1) is 10.1. The van der Waals surface area contributed by atoms with Gasteiger partial charge in [0.05, 0.1) is 26.4 Å². The Balaban J connectivity index is 3.21. The third kappa shape index (κ3) is 13.7. The Kier molecular flexibility index (Phi) is 13.2. The van der Waals surface area contributed by atoms with E-state index in [0.717, 1.165) is 0 Å². The molecule has 0 aromatic heterocycles. The van der Waals surface area contributed by atoms with Crippen molar-refractivity contribution in [1.82, 2.24) is 15.9 Å². The first-order valence-corrected chi connectivity index (χ1v) is 7.09. The van der Waals surface area contributed by atoms with E-state index in [4.69, 9.17) is 9.47 Å². The Morgan fingerprint density at radius 2 is 1.62 bits per heavy atom. The molecule has 1 unspecified atom stereocenters. The van der Waals surface area contributed by atoms with Crippen LogP contribution in [-0.4, -0.2) is 57.9 Å². The van der Waals surface area contributed by atoms with Crippen molar-refractivity contribution in [3.63, 3.8) is 0 Å². The van der Waals surface area contributed by atoms with Crippen LogP contribution in [0.4, 0.5) is 0 Å². The van der Waals surface area contributed by atoms with Crippen LogP contribution in [0.2, 0.25) is 0 Å². The molecular weight excluding hydrogens is 297 g/mol. The Morgan fingerprint density at radius 1 is 1.05 bits per heavy atom. The van der Waals surface area contributed by atoms with Crippen molar-refractivity contribution in [3.05, 3.63) is 12.2 Å². The predicted octanol–water partition coefficient (Wildman–Crippen LogP) is -0.861. The maximum Gasteiger partial charge on any atom is 0.248 e. The molecule has 0 saturated heterocycles. The lowest BCUT2D eigenvalue weighted by molar-refractivity contribution is -0.127. The minimum Gasteiger partial charge on any atom is -0.377 e. The standard InChI is InChI=1S/C12H24N3O5P/c1-10(2)12(17)14-4-6-19-8-7-18-5-3-13-11(16)9-20-15-21/h15H,1,3-9,21H2,2H3,(H,13,16)(H,14,17). The molecule has 0 aromatic carbocycles. The van der Waals surface area contributed by atoms with E-state index < -0.39 is 0 Å². The number of carbonyl (C=O) groups is 2. The third-order valence-electron chi connectivity index (χ3n) is 2.15. The van der Waals surface area contributed by atoms with Gasteiger partial charge in [-0.1, -0.05) is 6.58 Å². The van der Waals surface area contributed by atoms with E-state index in [0.29, 0.717) is 45.1 Å². The van der Waals surface area contributed by atoms with Crippen LogP contribution in [0, 0.1) is 0 Å². The zero-order valence-electron chi connectivity index (χ0n) is 12.3. The Hall–Kier alpha value is -1.05. The van der Waals surface area contributed by atoms with Crippen LogP contribution >= 0.6 is 9.39 Å². The van der Waals surface area contributed by atoms with Gasteiger partial charge in [0.15, 0.2) is 0 Å². The van der Waals surface area contributed by atoms with Crippen LogP contribution in [0.1, 0.15) is 6.92 Å². The molecule has 0 heterocycles. The summed E-state index contributed by atoms with van der Waals surface area (Å²) in [6, 6.07) is 0. The second kappa shape index (κ2) is 13.9. The van der Waals surface area contributed by atoms with Gasteiger partial charge in [-0.3, -0.25) is 14.4 Å². The molecule has 9 heteroatoms. The van der Waals surface area contributed by atoms with Crippen molar-refractivity contribution in [2.75, 3.05) is 46.1 Å². The van der Waals surface area contributed by atoms with Gasteiger partial charge >= 0.3 is 0 Å². The number of ether oxygens (including phenoxy) is 2. The summed E-state index contributed by atoms with van der Waals surface area (Å²) in [5.41, 5.74) is 0.472. The molecule has 2 amide bonds. The summed E-state index contributed by atoms with van der Waals surface area (Å²) in [6.07, 6.45) is 0. The lowest BCUT2D eigenvalue weighted by atomic mass is 10.3. The molecule has 0 rings (SSSR count). The van der Waals surface area contributed by atoms with E-state index in [9.17, 15) is 9.59 Å². The Labute approximate surface area is 127 Å². The molecule has 3 N–H and O–H groups in total. The fourth-order valence-corrected chi connectivity index (χ4v) is 1.21. The highest BCUT2D eigenvalue weighted by Crippen LogP contribution is 1.85. The second-order valence-corrected chi connectivity index (χ2v) is 4.25. The lowest BCUT2D eigenvalue weighted by Gasteiger charge is -2.08. The van der Waals surface area contributed by atoms with Gasteiger partial charge in [-0.15, -0.1) is 0 Å². The minimum absolute atomic E-state index is 0.0531. The van der Waals surface area contributed by atoms with Gasteiger partial charge in [-0.2, -0.15) is 5.25 Å². The van der Waals surface area contributed by atoms with Crippen LogP contribution in [0.15, 0.2) is 12.2 Å². The van der Waals surface area contributed by atoms with E-state index in [-0.39, 0.29) is 18.4 Å². The zero-order chi connectivity index (χ0) is 15.9. The quantitative estimate of drug-likeness (QED) is 0.177. The van der Waals surface area contributed by atoms with Gasteiger partial charge in [0, 0.05) is 18.7 Å². The van der Waals surface area contributed by atoms with E-state index in [1.54, 1.807) is 6.92 Å². The van der Waals surface area contributed by atoms with Crippen molar-refractivity contribution in [1.29, 1.82) is 0 Å². The molecule has 122 valence electrons. The number of amides is 2. The molecule has 21 heavy (non-hydrogen) atoms. The van der Waals surface area contributed by atoms with E-state index in [1.165, 1.54) is 0 Å². The molecular formula is C12H24N3O5P. The fourth-order valence-electron chi connectivity index (χ4n) is 1.13. The average molecular weight is 321 g/mol. The van der Waals surface area contributed by atoms with Gasteiger partial charge < -0.3 is 20.1 Å². The summed E-state index contributed by atoms with van der Waals surface area (Å²) in [4.78, 5) is 26.9. The molecule has 0 fully saturated rings. The second-order valence-electron chi connectivity index (χ2n) is 4.02. The number of rotatable bonds is 13. The molecule has 0 aliphatic rings. The van der Waals surface area contributed by atoms with Crippen molar-refractivity contribution in [2.24, 2.45) is 0 Å². The van der Waals surface area contributed by atoms with Crippen LogP contribution in [0.25, 0.3) is 0 Å². The van der Waals surface area contributed by atoms with Crippen LogP contribution < -0.4 is 15.9 Å². The highest BCUT2D eigenvalue weighted by Gasteiger charge is 2.00. The molecule has 0 spiro atoms. The van der Waals surface area contributed by atoms with Gasteiger partial charge in [0.25, 0.3) is 0 Å². The first-order valence-electron chi connectivity index (χ1n) is 6.51. The summed E-state index contributed by atoms with van der Waals surface area (Å²) < 4.78 is 10.5. The summed E-state index contributed by atoms with van der Waals surface area (Å²) in [6.45, 7) is 7.63. The fraction of sp³-hybridized carbons (Fsp3) is 0.667. The normalized spacial score (nSPS) is 10.2. The Bertz CT molecular complexity index is 328. The zero-order valence-corrected chi connectivity index (χ0v) is 13.4. The maximum atomic E-state index is 11.1. The van der Waals surface area contributed by atoms with Gasteiger partial charge in [-0.05, 0) is 16.3 Å². The smallest absolute Gasteiger partial charge is 0.248 e. The van der Waals surface area contributed by atoms with Crippen molar-refractivity contribution in [3.8, 4) is 0 Å². The third-order valence-corrected chi connectivity index (χ3v) is 2.31. The first kappa shape index (κ1) is 19.9. The molecule has 1 atom stereocenters. The summed E-state index contributed by atoms with van der Waals surface area (Å²) in [5, 5.41) is 7.59. The summed E-state index contributed by atoms with van der Waals surface area (Å²) in [5.74, 6) is -0.399. The predicted molar refractivity (Wildman–Crippen MR) is 81.3 cm³/mol. The lowest BCUT2D eigenvalue weighted by Crippen LogP contribution is -2.31. The highest BCUT2D eigenvalue weighted by atomic mass is 31.0. The Morgan fingerprint density at radius 3 is 2.14 bits per heavy atom. The minimum atomic E-state index is -0.224. The largest absolute Gasteiger partial charge is 0.377 e. The summed E-state index contributed by atoms with van der Waals surface area (Å²) >= 11 is 0. The number of nitrogens with one attached hydrogen (secondary N) is 3. The molecule has 0 bridgehead atoms. The van der Waals surface area contributed by atoms with Crippen LogP contribution in [0.3, 0.4) is 0 Å². The van der Waals surface area contributed by atoms with Crippen molar-refractivity contribution < 1.29 is 23.9 Å². The van der Waals surface area contributed by atoms with Crippen LogP contribution in [0.5, 0.6) is 0 Å². The van der Waals surface area contributed by atoms with Gasteiger partial charge in [-0.25, -0.2) is 0 Å². The van der Waals surface area contributed by atoms with E-state index in [1.807, 2.05) is 0 Å². The molecule has 0 aromatic rings. The topological polar surface area (TPSA) is 97.9 Å². The average Bonchev–Trinajstić information content (AvgIpc) is 2.46.